The molecule has 0 aliphatic rings. The van der Waals surface area contributed by atoms with E-state index in [4.69, 9.17) is 0 Å². The second-order valence-corrected chi connectivity index (χ2v) is 0.721. The summed E-state index contributed by atoms with van der Waals surface area (Å²) in [7, 11) is 1.41. The lowest BCUT2D eigenvalue weighted by Gasteiger charge is -1.68. The maximum atomic E-state index is 11.2. The molecule has 0 unspecified atom stereocenters. The summed E-state index contributed by atoms with van der Waals surface area (Å²) in [6.45, 7) is 1.31. The first-order valence-electron chi connectivity index (χ1n) is 1.36. The predicted molar refractivity (Wildman–Crippen MR) is 20.1 cm³/mol. The molecule has 0 rings (SSSR count). The fourth-order valence-electron chi connectivity index (χ4n) is 0. The van der Waals surface area contributed by atoms with Crippen LogP contribution >= 0.6 is 0 Å². The van der Waals surface area contributed by atoms with Crippen LogP contribution in [-0.4, -0.2) is 13.0 Å². The van der Waals surface area contributed by atoms with Crippen LogP contribution in [0, 0.1) is 0 Å². The fraction of sp³-hybridized carbons (Fsp3) is 0.667. The Balaban J connectivity index is 3.14. The summed E-state index contributed by atoms with van der Waals surface area (Å²) in [4.78, 5) is 3.14. The van der Waals surface area contributed by atoms with Gasteiger partial charge in [-0.05, 0) is 0 Å². The number of halogens is 1. The molecule has 0 radical (unpaired) electrons. The quantitative estimate of drug-likeness (QED) is 0.381. The van der Waals surface area contributed by atoms with Gasteiger partial charge in [0.2, 0.25) is 0 Å². The summed E-state index contributed by atoms with van der Waals surface area (Å²) in [6, 6.07) is 0. The molecule has 0 atom stereocenters. The highest BCUT2D eigenvalue weighted by atomic mass is 19.1. The molecule has 0 aromatic carbocycles. The Morgan fingerprint density at radius 2 is 2.00 bits per heavy atom. The Morgan fingerprint density at radius 1 is 1.80 bits per heavy atom. The number of hydrogen-bond acceptors (Lipinski definition) is 1. The first-order valence-corrected chi connectivity index (χ1v) is 1.36. The van der Waals surface area contributed by atoms with E-state index in [0.29, 0.717) is 0 Å². The highest BCUT2D eigenvalue weighted by molar-refractivity contribution is 5.71. The zero-order chi connectivity index (χ0) is 4.28. The molecule has 0 N–H and O–H groups in total. The predicted octanol–water partition coefficient (Wildman–Crippen LogP) is 1.00. The first-order chi connectivity index (χ1) is 2.27. The van der Waals surface area contributed by atoms with Gasteiger partial charge in [0.05, 0.1) is 0 Å². The van der Waals surface area contributed by atoms with E-state index in [0.717, 1.165) is 0 Å². The zero-order valence-corrected chi connectivity index (χ0v) is 3.33. The van der Waals surface area contributed by atoms with Crippen LogP contribution in [-0.2, 0) is 0 Å². The SMILES string of the molecule is CN=C(C)F. The van der Waals surface area contributed by atoms with Crippen LogP contribution in [0.5, 0.6) is 0 Å². The van der Waals surface area contributed by atoms with Crippen molar-refractivity contribution >= 4 is 5.97 Å². The molecule has 0 fully saturated rings. The lowest BCUT2D eigenvalue weighted by Crippen LogP contribution is -1.70. The van der Waals surface area contributed by atoms with Crippen molar-refractivity contribution in [1.29, 1.82) is 0 Å². The van der Waals surface area contributed by atoms with Crippen LogP contribution in [0.4, 0.5) is 4.39 Å². The van der Waals surface area contributed by atoms with E-state index >= 15 is 0 Å². The highest BCUT2D eigenvalue weighted by Gasteiger charge is 1.68. The highest BCUT2D eigenvalue weighted by Crippen LogP contribution is 1.68. The van der Waals surface area contributed by atoms with Gasteiger partial charge >= 0.3 is 0 Å². The smallest absolute Gasteiger partial charge is 0.181 e. The molecule has 0 aromatic rings. The van der Waals surface area contributed by atoms with Crippen molar-refractivity contribution in [2.45, 2.75) is 6.92 Å². The molecule has 0 aliphatic heterocycles. The van der Waals surface area contributed by atoms with Crippen molar-refractivity contribution in [3.63, 3.8) is 0 Å². The third-order valence-electron chi connectivity index (χ3n) is 0.308. The number of rotatable bonds is 0. The summed E-state index contributed by atoms with van der Waals surface area (Å²) in [5, 5.41) is 0. The normalized spacial score (nSPS) is 12.2. The van der Waals surface area contributed by atoms with E-state index in [1.165, 1.54) is 14.0 Å². The van der Waals surface area contributed by atoms with Gasteiger partial charge in [0.1, 0.15) is 0 Å². The molecule has 5 heavy (non-hydrogen) atoms. The van der Waals surface area contributed by atoms with E-state index < -0.39 is 0 Å². The number of aliphatic imine (C=N–C) groups is 1. The van der Waals surface area contributed by atoms with Gasteiger partial charge in [-0.25, -0.2) is 0 Å². The van der Waals surface area contributed by atoms with Crippen molar-refractivity contribution in [1.82, 2.24) is 0 Å². The van der Waals surface area contributed by atoms with Gasteiger partial charge in [-0.1, -0.05) is 0 Å². The average molecular weight is 75.1 g/mol. The summed E-state index contributed by atoms with van der Waals surface area (Å²) in [5.74, 6) is -0.370. The summed E-state index contributed by atoms with van der Waals surface area (Å²) < 4.78 is 11.2. The molecule has 2 heteroatoms. The summed E-state index contributed by atoms with van der Waals surface area (Å²) >= 11 is 0. The minimum Gasteiger partial charge on any atom is -0.265 e. The second-order valence-electron chi connectivity index (χ2n) is 0.721. The van der Waals surface area contributed by atoms with Gasteiger partial charge in [-0.3, -0.25) is 4.99 Å². The van der Waals surface area contributed by atoms with Crippen molar-refractivity contribution < 1.29 is 4.39 Å². The summed E-state index contributed by atoms with van der Waals surface area (Å²) in [6.07, 6.45) is 0. The number of hydrogen-bond donors (Lipinski definition) is 0. The maximum absolute atomic E-state index is 11.2. The molecule has 0 aromatic heterocycles. The molecule has 0 aliphatic carbocycles. The van der Waals surface area contributed by atoms with Crippen LogP contribution in [0.3, 0.4) is 0 Å². The molecule has 0 heterocycles. The molecule has 30 valence electrons. The van der Waals surface area contributed by atoms with Gasteiger partial charge in [-0.15, -0.1) is 0 Å². The molecule has 1 nitrogen and oxygen atoms in total. The maximum Gasteiger partial charge on any atom is 0.181 e. The zero-order valence-electron chi connectivity index (χ0n) is 3.33. The number of nitrogens with zero attached hydrogens (tertiary/aromatic N) is 1. The molecule has 0 bridgehead atoms. The van der Waals surface area contributed by atoms with Crippen molar-refractivity contribution in [2.75, 3.05) is 7.05 Å². The Labute approximate surface area is 30.5 Å². The minimum absolute atomic E-state index is 0.370. The van der Waals surface area contributed by atoms with E-state index in [2.05, 4.69) is 4.99 Å². The van der Waals surface area contributed by atoms with E-state index in [1.54, 1.807) is 0 Å². The summed E-state index contributed by atoms with van der Waals surface area (Å²) in [5.41, 5.74) is 0. The molecule has 0 saturated heterocycles. The molecular formula is C3H6FN. The Bertz CT molecular complexity index is 44.9. The van der Waals surface area contributed by atoms with Gasteiger partial charge in [0.15, 0.2) is 5.97 Å². The topological polar surface area (TPSA) is 12.4 Å². The van der Waals surface area contributed by atoms with Crippen LogP contribution < -0.4 is 0 Å². The van der Waals surface area contributed by atoms with Crippen LogP contribution in [0.2, 0.25) is 0 Å². The van der Waals surface area contributed by atoms with Gasteiger partial charge < -0.3 is 0 Å². The third kappa shape index (κ3) is 3.60. The van der Waals surface area contributed by atoms with Crippen LogP contribution in [0.15, 0.2) is 4.99 Å². The van der Waals surface area contributed by atoms with Crippen molar-refractivity contribution in [2.24, 2.45) is 4.99 Å². The Morgan fingerprint density at radius 3 is 2.00 bits per heavy atom. The largest absolute Gasteiger partial charge is 0.265 e. The molecule has 0 amide bonds. The van der Waals surface area contributed by atoms with Crippen molar-refractivity contribution in [3.05, 3.63) is 0 Å². The fourth-order valence-corrected chi connectivity index (χ4v) is 0. The van der Waals surface area contributed by atoms with E-state index in [9.17, 15) is 4.39 Å². The molecule has 0 spiro atoms. The van der Waals surface area contributed by atoms with E-state index in [-0.39, 0.29) is 5.97 Å². The first kappa shape index (κ1) is 4.60. The average Bonchev–Trinajstić information content (AvgIpc) is 1.38. The van der Waals surface area contributed by atoms with Gasteiger partial charge in [0.25, 0.3) is 0 Å². The Hall–Kier alpha value is -0.400. The van der Waals surface area contributed by atoms with Crippen molar-refractivity contribution in [3.8, 4) is 0 Å². The Kier molecular flexibility index (Phi) is 1.73. The van der Waals surface area contributed by atoms with E-state index in [1.807, 2.05) is 0 Å². The van der Waals surface area contributed by atoms with Crippen LogP contribution in [0.1, 0.15) is 6.92 Å². The van der Waals surface area contributed by atoms with Crippen LogP contribution in [0.25, 0.3) is 0 Å². The van der Waals surface area contributed by atoms with Gasteiger partial charge in [0, 0.05) is 14.0 Å². The molecular weight excluding hydrogens is 69.0 g/mol. The minimum atomic E-state index is -0.370. The van der Waals surface area contributed by atoms with Gasteiger partial charge in [-0.2, -0.15) is 4.39 Å². The lowest BCUT2D eigenvalue weighted by molar-refractivity contribution is 0.794. The third-order valence-corrected chi connectivity index (χ3v) is 0.308. The second kappa shape index (κ2) is 1.88. The monoisotopic (exact) mass is 75.0 g/mol. The molecule has 0 saturated carbocycles. The standard InChI is InChI=1S/C3H6FN/c1-3(4)5-2/h1-2H3. The lowest BCUT2D eigenvalue weighted by atomic mass is 10.8.